The molecule has 0 amide bonds. The Labute approximate surface area is 228 Å². The van der Waals surface area contributed by atoms with Crippen molar-refractivity contribution >= 4 is 22.8 Å². The normalized spacial score (nSPS) is 11.9. The lowest BCUT2D eigenvalue weighted by molar-refractivity contribution is -0.159. The molecule has 1 aromatic heterocycles. The maximum absolute atomic E-state index is 12.8. The van der Waals surface area contributed by atoms with Crippen LogP contribution in [0.5, 0.6) is 0 Å². The first kappa shape index (κ1) is 26.0. The summed E-state index contributed by atoms with van der Waals surface area (Å²) >= 11 is 0. The molecule has 0 fully saturated rings. The summed E-state index contributed by atoms with van der Waals surface area (Å²) in [7, 11) is 2.61. The third-order valence-electron chi connectivity index (χ3n) is 7.23. The van der Waals surface area contributed by atoms with Gasteiger partial charge in [0, 0.05) is 23.4 Å². The van der Waals surface area contributed by atoms with Crippen LogP contribution < -0.4 is 0 Å². The number of benzene rings is 4. The van der Waals surface area contributed by atoms with Crippen molar-refractivity contribution in [2.45, 2.75) is 18.9 Å². The van der Waals surface area contributed by atoms with E-state index in [1.54, 1.807) is 0 Å². The maximum Gasteiger partial charge on any atom is 0.320 e. The van der Waals surface area contributed by atoms with Gasteiger partial charge in [0.25, 0.3) is 0 Å². The molecule has 196 valence electrons. The molecule has 0 bridgehead atoms. The first-order valence-corrected chi connectivity index (χ1v) is 13.0. The molecule has 0 saturated carbocycles. The van der Waals surface area contributed by atoms with Gasteiger partial charge in [0.2, 0.25) is 0 Å². The molecule has 1 unspecified atom stereocenters. The van der Waals surface area contributed by atoms with E-state index in [0.717, 1.165) is 33.3 Å². The number of fused-ring (bicyclic) bond motifs is 1. The average Bonchev–Trinajstić information content (AvgIpc) is 3.32. The zero-order valence-corrected chi connectivity index (χ0v) is 22.1. The maximum atomic E-state index is 12.8. The van der Waals surface area contributed by atoms with Gasteiger partial charge in [0.15, 0.2) is 5.92 Å². The molecular formula is C34H31NO4. The van der Waals surface area contributed by atoms with Gasteiger partial charge in [-0.25, -0.2) is 0 Å². The lowest BCUT2D eigenvalue weighted by Crippen LogP contribution is -2.28. The van der Waals surface area contributed by atoms with E-state index in [4.69, 9.17) is 9.47 Å². The minimum Gasteiger partial charge on any atom is -0.468 e. The Bertz CT molecular complexity index is 1540. The van der Waals surface area contributed by atoms with E-state index in [1.165, 1.54) is 19.8 Å². The van der Waals surface area contributed by atoms with E-state index in [9.17, 15) is 9.59 Å². The van der Waals surface area contributed by atoms with Crippen LogP contribution in [-0.4, -0.2) is 30.7 Å². The van der Waals surface area contributed by atoms with E-state index in [-0.39, 0.29) is 12.3 Å². The van der Waals surface area contributed by atoms with E-state index in [0.29, 0.717) is 6.54 Å². The number of methoxy groups -OCH3 is 2. The smallest absolute Gasteiger partial charge is 0.320 e. The molecule has 5 aromatic rings. The third kappa shape index (κ3) is 5.34. The van der Waals surface area contributed by atoms with Crippen molar-refractivity contribution in [2.75, 3.05) is 14.2 Å². The lowest BCUT2D eigenvalue weighted by atomic mass is 9.81. The molecule has 0 N–H and O–H groups in total. The predicted octanol–water partition coefficient (Wildman–Crippen LogP) is 6.84. The number of nitrogens with zero attached hydrogens (tertiary/aromatic N) is 1. The van der Waals surface area contributed by atoms with Crippen LogP contribution in [0.15, 0.2) is 115 Å². The molecule has 1 heterocycles. The third-order valence-corrected chi connectivity index (χ3v) is 7.23. The zero-order chi connectivity index (χ0) is 27.2. The van der Waals surface area contributed by atoms with Crippen LogP contribution in [0.1, 0.15) is 29.0 Å². The highest BCUT2D eigenvalue weighted by Gasteiger charge is 2.35. The second-order valence-electron chi connectivity index (χ2n) is 9.52. The zero-order valence-electron chi connectivity index (χ0n) is 22.1. The number of carbonyl (C=O) groups is 2. The molecule has 1 atom stereocenters. The highest BCUT2D eigenvalue weighted by atomic mass is 16.5. The molecule has 0 saturated heterocycles. The van der Waals surface area contributed by atoms with Crippen molar-refractivity contribution < 1.29 is 19.1 Å². The molecule has 4 aromatic carbocycles. The van der Waals surface area contributed by atoms with Crippen molar-refractivity contribution in [3.05, 3.63) is 132 Å². The number of rotatable bonds is 9. The number of aromatic nitrogens is 1. The van der Waals surface area contributed by atoms with Crippen molar-refractivity contribution in [3.63, 3.8) is 0 Å². The number of esters is 2. The molecule has 0 spiro atoms. The monoisotopic (exact) mass is 517 g/mol. The standard InChI is InChI=1S/C34H31NO4/c1-38-33(36)29(34(37)39-2)22-28(25-16-8-4-9-17-25)31-27-20-12-13-21-30(27)35(23-24-14-6-3-7-15-24)32(31)26-18-10-5-11-19-26/h3-21,28-29H,22-23H2,1-2H3. The molecule has 0 aliphatic carbocycles. The van der Waals surface area contributed by atoms with Gasteiger partial charge in [0.05, 0.1) is 19.9 Å². The van der Waals surface area contributed by atoms with Crippen molar-refractivity contribution in [3.8, 4) is 11.3 Å². The summed E-state index contributed by atoms with van der Waals surface area (Å²) in [5.41, 5.74) is 6.46. The minimum absolute atomic E-state index is 0.211. The van der Waals surface area contributed by atoms with E-state index >= 15 is 0 Å². The summed E-state index contributed by atoms with van der Waals surface area (Å²) in [6.07, 6.45) is 0.211. The van der Waals surface area contributed by atoms with Crippen LogP contribution in [0.3, 0.4) is 0 Å². The quantitative estimate of drug-likeness (QED) is 0.159. The molecule has 0 aliphatic heterocycles. The summed E-state index contributed by atoms with van der Waals surface area (Å²) in [5, 5.41) is 1.08. The fourth-order valence-corrected chi connectivity index (χ4v) is 5.44. The molecule has 0 aliphatic rings. The first-order valence-electron chi connectivity index (χ1n) is 13.0. The van der Waals surface area contributed by atoms with Gasteiger partial charge in [-0.3, -0.25) is 9.59 Å². The van der Waals surface area contributed by atoms with Gasteiger partial charge in [-0.1, -0.05) is 109 Å². The van der Waals surface area contributed by atoms with Gasteiger partial charge in [-0.2, -0.15) is 0 Å². The molecule has 5 nitrogen and oxygen atoms in total. The van der Waals surface area contributed by atoms with Crippen LogP contribution in [0.4, 0.5) is 0 Å². The van der Waals surface area contributed by atoms with Crippen molar-refractivity contribution in [1.82, 2.24) is 4.57 Å². The second kappa shape index (κ2) is 11.8. The van der Waals surface area contributed by atoms with Crippen molar-refractivity contribution in [2.24, 2.45) is 5.92 Å². The summed E-state index contributed by atoms with van der Waals surface area (Å²) in [5.74, 6) is -2.55. The first-order chi connectivity index (χ1) is 19.1. The fraction of sp³-hybridized carbons (Fsp3) is 0.176. The Balaban J connectivity index is 1.81. The summed E-state index contributed by atoms with van der Waals surface area (Å²) < 4.78 is 12.4. The number of hydrogen-bond acceptors (Lipinski definition) is 4. The van der Waals surface area contributed by atoms with Gasteiger partial charge in [0.1, 0.15) is 0 Å². The Morgan fingerprint density at radius 1 is 0.692 bits per heavy atom. The van der Waals surface area contributed by atoms with Gasteiger partial charge >= 0.3 is 11.9 Å². The highest BCUT2D eigenvalue weighted by molar-refractivity contribution is 5.96. The Morgan fingerprint density at radius 2 is 1.23 bits per heavy atom. The number of para-hydroxylation sites is 1. The van der Waals surface area contributed by atoms with Gasteiger partial charge in [-0.05, 0) is 34.7 Å². The number of ether oxygens (including phenoxy) is 2. The molecular weight excluding hydrogens is 486 g/mol. The molecule has 0 radical (unpaired) electrons. The minimum atomic E-state index is -1.06. The summed E-state index contributed by atoms with van der Waals surface area (Å²) in [6, 6.07) is 39.0. The molecule has 39 heavy (non-hydrogen) atoms. The van der Waals surface area contributed by atoms with Gasteiger partial charge < -0.3 is 14.0 Å². The Hall–Kier alpha value is -4.64. The Morgan fingerprint density at radius 3 is 1.85 bits per heavy atom. The fourth-order valence-electron chi connectivity index (χ4n) is 5.44. The van der Waals surface area contributed by atoms with Crippen molar-refractivity contribution in [1.29, 1.82) is 0 Å². The van der Waals surface area contributed by atoms with E-state index in [2.05, 4.69) is 41.0 Å². The highest BCUT2D eigenvalue weighted by Crippen LogP contribution is 2.44. The van der Waals surface area contributed by atoms with Crippen LogP contribution in [0.2, 0.25) is 0 Å². The SMILES string of the molecule is COC(=O)C(CC(c1ccccc1)c1c(-c2ccccc2)n(Cc2ccccc2)c2ccccc12)C(=O)OC. The van der Waals surface area contributed by atoms with Crippen LogP contribution in [-0.2, 0) is 25.6 Å². The predicted molar refractivity (Wildman–Crippen MR) is 153 cm³/mol. The molecule has 5 rings (SSSR count). The Kier molecular flexibility index (Phi) is 7.88. The van der Waals surface area contributed by atoms with Crippen LogP contribution in [0.25, 0.3) is 22.2 Å². The number of carbonyl (C=O) groups excluding carboxylic acids is 2. The largest absolute Gasteiger partial charge is 0.468 e. The van der Waals surface area contributed by atoms with Crippen LogP contribution >= 0.6 is 0 Å². The van der Waals surface area contributed by atoms with E-state index in [1.807, 2.05) is 78.9 Å². The second-order valence-corrected chi connectivity index (χ2v) is 9.52. The summed E-state index contributed by atoms with van der Waals surface area (Å²) in [6.45, 7) is 0.671. The van der Waals surface area contributed by atoms with Crippen LogP contribution in [0, 0.1) is 5.92 Å². The summed E-state index contributed by atoms with van der Waals surface area (Å²) in [4.78, 5) is 25.7. The topological polar surface area (TPSA) is 57.5 Å². The van der Waals surface area contributed by atoms with Gasteiger partial charge in [-0.15, -0.1) is 0 Å². The molecule has 5 heteroatoms. The number of hydrogen-bond donors (Lipinski definition) is 0. The average molecular weight is 518 g/mol. The van der Waals surface area contributed by atoms with E-state index < -0.39 is 17.9 Å². The lowest BCUT2D eigenvalue weighted by Gasteiger charge is -2.24.